The van der Waals surface area contributed by atoms with Gasteiger partial charge in [0, 0.05) is 6.26 Å². The number of carboxylic acids is 1. The molecule has 1 aliphatic rings. The van der Waals surface area contributed by atoms with Crippen LogP contribution in [0.2, 0.25) is 0 Å². The highest BCUT2D eigenvalue weighted by Crippen LogP contribution is 2.42. The Morgan fingerprint density at radius 1 is 1.35 bits per heavy atom. The van der Waals surface area contributed by atoms with Gasteiger partial charge in [0.05, 0.1) is 10.5 Å². The molecule has 20 heavy (non-hydrogen) atoms. The van der Waals surface area contributed by atoms with E-state index >= 15 is 0 Å². The minimum Gasteiger partial charge on any atom is -0.478 e. The highest BCUT2D eigenvalue weighted by atomic mass is 32.2. The molecule has 0 bridgehead atoms. The van der Waals surface area contributed by atoms with E-state index in [2.05, 4.69) is 0 Å². The molecular formula is C14H17FO4S. The van der Waals surface area contributed by atoms with Crippen LogP contribution in [0.4, 0.5) is 4.39 Å². The first-order chi connectivity index (χ1) is 9.21. The van der Waals surface area contributed by atoms with Gasteiger partial charge in [0.2, 0.25) is 0 Å². The smallest absolute Gasteiger partial charge is 0.338 e. The fraction of sp³-hybridized carbons (Fsp3) is 0.500. The second kappa shape index (κ2) is 5.16. The molecule has 2 unspecified atom stereocenters. The summed E-state index contributed by atoms with van der Waals surface area (Å²) in [5, 5.41) is 8.93. The highest BCUT2D eigenvalue weighted by Gasteiger charge is 2.31. The summed E-state index contributed by atoms with van der Waals surface area (Å²) < 4.78 is 37.6. The van der Waals surface area contributed by atoms with Gasteiger partial charge in [-0.3, -0.25) is 0 Å². The predicted octanol–water partition coefficient (Wildman–Crippen LogP) is 2.83. The van der Waals surface area contributed by atoms with Crippen molar-refractivity contribution < 1.29 is 22.7 Å². The predicted molar refractivity (Wildman–Crippen MR) is 72.2 cm³/mol. The fourth-order valence-corrected chi connectivity index (χ4v) is 3.92. The summed E-state index contributed by atoms with van der Waals surface area (Å²) in [6.07, 6.45) is 3.76. The number of aromatic carboxylic acids is 1. The summed E-state index contributed by atoms with van der Waals surface area (Å²) in [6, 6.07) is 2.04. The lowest BCUT2D eigenvalue weighted by Gasteiger charge is -2.19. The Hall–Kier alpha value is -1.43. The Labute approximate surface area is 117 Å². The third-order valence-electron chi connectivity index (χ3n) is 3.99. The monoisotopic (exact) mass is 300 g/mol. The van der Waals surface area contributed by atoms with Crippen molar-refractivity contribution in [2.45, 2.75) is 37.0 Å². The first kappa shape index (κ1) is 15.0. The summed E-state index contributed by atoms with van der Waals surface area (Å²) in [7, 11) is -3.60. The van der Waals surface area contributed by atoms with Gasteiger partial charge in [-0.25, -0.2) is 17.6 Å². The van der Waals surface area contributed by atoms with Crippen molar-refractivity contribution in [1.82, 2.24) is 0 Å². The molecule has 1 aliphatic carbocycles. The van der Waals surface area contributed by atoms with Gasteiger partial charge in [-0.1, -0.05) is 19.8 Å². The maximum absolute atomic E-state index is 13.9. The molecule has 0 spiro atoms. The number of hydrogen-bond acceptors (Lipinski definition) is 3. The SMILES string of the molecule is CC1CCCC1c1cc(F)c(C(=O)O)cc1S(C)(=O)=O. The second-order valence-electron chi connectivity index (χ2n) is 5.46. The lowest BCUT2D eigenvalue weighted by atomic mass is 9.89. The first-order valence-corrected chi connectivity index (χ1v) is 8.37. The van der Waals surface area contributed by atoms with Crippen LogP contribution in [0.25, 0.3) is 0 Å². The summed E-state index contributed by atoms with van der Waals surface area (Å²) >= 11 is 0. The van der Waals surface area contributed by atoms with E-state index < -0.39 is 27.2 Å². The summed E-state index contributed by atoms with van der Waals surface area (Å²) in [5.74, 6) is -2.10. The van der Waals surface area contributed by atoms with Crippen LogP contribution in [0, 0.1) is 11.7 Å². The van der Waals surface area contributed by atoms with Crippen LogP contribution in [0.5, 0.6) is 0 Å². The summed E-state index contributed by atoms with van der Waals surface area (Å²) in [4.78, 5) is 10.9. The van der Waals surface area contributed by atoms with E-state index in [9.17, 15) is 17.6 Å². The van der Waals surface area contributed by atoms with Crippen LogP contribution in [0.3, 0.4) is 0 Å². The van der Waals surface area contributed by atoms with E-state index in [-0.39, 0.29) is 16.7 Å². The number of carboxylic acid groups (broad SMARTS) is 1. The van der Waals surface area contributed by atoms with Crippen molar-refractivity contribution in [2.24, 2.45) is 5.92 Å². The quantitative estimate of drug-likeness (QED) is 0.871. The zero-order valence-corrected chi connectivity index (χ0v) is 12.2. The van der Waals surface area contributed by atoms with E-state index in [0.29, 0.717) is 5.56 Å². The molecule has 1 saturated carbocycles. The van der Waals surface area contributed by atoms with Gasteiger partial charge in [-0.15, -0.1) is 0 Å². The lowest BCUT2D eigenvalue weighted by molar-refractivity contribution is 0.0691. The molecule has 1 N–H and O–H groups in total. The number of hydrogen-bond donors (Lipinski definition) is 1. The van der Waals surface area contributed by atoms with Crippen molar-refractivity contribution in [2.75, 3.05) is 6.26 Å². The van der Waals surface area contributed by atoms with Crippen LogP contribution in [0.15, 0.2) is 17.0 Å². The van der Waals surface area contributed by atoms with E-state index in [1.807, 2.05) is 6.92 Å². The molecule has 0 aliphatic heterocycles. The topological polar surface area (TPSA) is 71.4 Å². The van der Waals surface area contributed by atoms with Crippen molar-refractivity contribution in [3.8, 4) is 0 Å². The first-order valence-electron chi connectivity index (χ1n) is 6.48. The molecule has 0 aromatic heterocycles. The molecule has 1 fully saturated rings. The van der Waals surface area contributed by atoms with E-state index in [4.69, 9.17) is 5.11 Å². The molecule has 0 radical (unpaired) electrons. The Balaban J connectivity index is 2.67. The van der Waals surface area contributed by atoms with Gasteiger partial charge in [-0.05, 0) is 36.0 Å². The highest BCUT2D eigenvalue weighted by molar-refractivity contribution is 7.90. The Morgan fingerprint density at radius 3 is 2.45 bits per heavy atom. The molecule has 4 nitrogen and oxygen atoms in total. The molecule has 6 heteroatoms. The minimum atomic E-state index is -3.60. The Morgan fingerprint density at radius 2 is 2.00 bits per heavy atom. The number of benzene rings is 1. The Bertz CT molecular complexity index is 651. The number of rotatable bonds is 3. The molecule has 1 aromatic rings. The minimum absolute atomic E-state index is 0.0305. The molecule has 0 saturated heterocycles. The molecule has 0 heterocycles. The molecule has 2 atom stereocenters. The third kappa shape index (κ3) is 2.70. The molecule has 110 valence electrons. The zero-order valence-electron chi connectivity index (χ0n) is 11.4. The number of sulfone groups is 1. The van der Waals surface area contributed by atoms with Gasteiger partial charge in [0.25, 0.3) is 0 Å². The van der Waals surface area contributed by atoms with E-state index in [1.54, 1.807) is 0 Å². The summed E-state index contributed by atoms with van der Waals surface area (Å²) in [5.41, 5.74) is -0.181. The van der Waals surface area contributed by atoms with Gasteiger partial charge in [0.1, 0.15) is 5.82 Å². The Kier molecular flexibility index (Phi) is 3.86. The number of halogens is 1. The average Bonchev–Trinajstić information content (AvgIpc) is 2.72. The van der Waals surface area contributed by atoms with Crippen LogP contribution in [-0.4, -0.2) is 25.7 Å². The van der Waals surface area contributed by atoms with Crippen LogP contribution < -0.4 is 0 Å². The summed E-state index contributed by atoms with van der Waals surface area (Å²) in [6.45, 7) is 2.01. The molecule has 0 amide bonds. The van der Waals surface area contributed by atoms with Crippen molar-refractivity contribution in [3.63, 3.8) is 0 Å². The van der Waals surface area contributed by atoms with E-state index in [1.165, 1.54) is 0 Å². The van der Waals surface area contributed by atoms with Crippen LogP contribution >= 0.6 is 0 Å². The van der Waals surface area contributed by atoms with Crippen LogP contribution in [-0.2, 0) is 9.84 Å². The van der Waals surface area contributed by atoms with Crippen molar-refractivity contribution in [1.29, 1.82) is 0 Å². The van der Waals surface area contributed by atoms with Gasteiger partial charge in [-0.2, -0.15) is 0 Å². The second-order valence-corrected chi connectivity index (χ2v) is 7.45. The normalized spacial score (nSPS) is 22.9. The maximum atomic E-state index is 13.9. The van der Waals surface area contributed by atoms with Gasteiger partial charge in [0.15, 0.2) is 9.84 Å². The number of carbonyl (C=O) groups is 1. The third-order valence-corrected chi connectivity index (χ3v) is 5.14. The average molecular weight is 300 g/mol. The van der Waals surface area contributed by atoms with E-state index in [0.717, 1.165) is 37.7 Å². The molecule has 1 aromatic carbocycles. The zero-order chi connectivity index (χ0) is 15.1. The fourth-order valence-electron chi connectivity index (χ4n) is 2.95. The lowest BCUT2D eigenvalue weighted by Crippen LogP contribution is -2.13. The maximum Gasteiger partial charge on any atom is 0.338 e. The van der Waals surface area contributed by atoms with Gasteiger partial charge < -0.3 is 5.11 Å². The van der Waals surface area contributed by atoms with Crippen LogP contribution in [0.1, 0.15) is 48.0 Å². The largest absolute Gasteiger partial charge is 0.478 e. The standard InChI is InChI=1S/C14H17FO4S/c1-8-4-3-5-9(8)10-6-12(15)11(14(16)17)7-13(10)20(2,18)19/h6-9H,3-5H2,1-2H3,(H,16,17). The molecular weight excluding hydrogens is 283 g/mol. The molecule has 2 rings (SSSR count). The van der Waals surface area contributed by atoms with Crippen molar-refractivity contribution >= 4 is 15.8 Å². The van der Waals surface area contributed by atoms with Crippen molar-refractivity contribution in [3.05, 3.63) is 29.1 Å². The van der Waals surface area contributed by atoms with Gasteiger partial charge >= 0.3 is 5.97 Å².